The molecule has 140 valence electrons. The summed E-state index contributed by atoms with van der Waals surface area (Å²) in [5.41, 5.74) is 2.97. The Bertz CT molecular complexity index is 858. The van der Waals surface area contributed by atoms with Crippen LogP contribution in [0.3, 0.4) is 0 Å². The van der Waals surface area contributed by atoms with Gasteiger partial charge in [-0.05, 0) is 42.5 Å². The van der Waals surface area contributed by atoms with Crippen molar-refractivity contribution in [2.75, 3.05) is 20.7 Å². The predicted octanol–water partition coefficient (Wildman–Crippen LogP) is 2.18. The van der Waals surface area contributed by atoms with Crippen molar-refractivity contribution in [3.05, 3.63) is 72.3 Å². The van der Waals surface area contributed by atoms with Crippen molar-refractivity contribution in [2.24, 2.45) is 4.99 Å². The van der Waals surface area contributed by atoms with Crippen molar-refractivity contribution in [2.45, 2.75) is 13.0 Å². The van der Waals surface area contributed by atoms with E-state index >= 15 is 0 Å². The van der Waals surface area contributed by atoms with Gasteiger partial charge in [-0.1, -0.05) is 6.07 Å². The highest BCUT2D eigenvalue weighted by Crippen LogP contribution is 2.14. The summed E-state index contributed by atoms with van der Waals surface area (Å²) < 4.78 is 7.03. The average molecular weight is 364 g/mol. The van der Waals surface area contributed by atoms with Gasteiger partial charge in [0.15, 0.2) is 5.96 Å². The van der Waals surface area contributed by atoms with Gasteiger partial charge < -0.3 is 15.4 Å². The molecule has 0 amide bonds. The van der Waals surface area contributed by atoms with Crippen molar-refractivity contribution in [3.8, 4) is 11.4 Å². The van der Waals surface area contributed by atoms with Gasteiger partial charge in [-0.2, -0.15) is 5.10 Å². The van der Waals surface area contributed by atoms with Crippen LogP contribution in [0.15, 0.2) is 65.9 Å². The standard InChI is InChI=1S/C20H24N6O/c1-21-20(23-13-10-16-5-3-4-12-22-16)24-15-17-11-14-26(25-17)18-6-8-19(27-2)9-7-18/h3-9,11-12,14H,10,13,15H2,1-2H3,(H2,21,23,24). The molecule has 2 N–H and O–H groups in total. The first-order valence-electron chi connectivity index (χ1n) is 8.82. The molecule has 0 spiro atoms. The van der Waals surface area contributed by atoms with Crippen LogP contribution in [0, 0.1) is 0 Å². The van der Waals surface area contributed by atoms with Gasteiger partial charge >= 0.3 is 0 Å². The minimum absolute atomic E-state index is 0.590. The molecule has 0 fully saturated rings. The monoisotopic (exact) mass is 364 g/mol. The number of hydrogen-bond acceptors (Lipinski definition) is 4. The van der Waals surface area contributed by atoms with Gasteiger partial charge in [0.2, 0.25) is 0 Å². The molecule has 0 aliphatic carbocycles. The first-order valence-corrected chi connectivity index (χ1v) is 8.82. The number of aromatic nitrogens is 3. The van der Waals surface area contributed by atoms with Crippen LogP contribution in [0.2, 0.25) is 0 Å². The molecular formula is C20H24N6O. The quantitative estimate of drug-likeness (QED) is 0.496. The summed E-state index contributed by atoms with van der Waals surface area (Å²) in [4.78, 5) is 8.56. The average Bonchev–Trinajstić information content (AvgIpc) is 3.20. The van der Waals surface area contributed by atoms with Gasteiger partial charge in [0.25, 0.3) is 0 Å². The Morgan fingerprint density at radius 2 is 1.93 bits per heavy atom. The number of aliphatic imine (C=N–C) groups is 1. The van der Waals surface area contributed by atoms with Crippen molar-refractivity contribution in [1.29, 1.82) is 0 Å². The number of guanidine groups is 1. The Kier molecular flexibility index (Phi) is 6.40. The second-order valence-electron chi connectivity index (χ2n) is 5.87. The van der Waals surface area contributed by atoms with E-state index in [1.165, 1.54) is 0 Å². The van der Waals surface area contributed by atoms with Gasteiger partial charge in [-0.25, -0.2) is 4.68 Å². The molecule has 3 rings (SSSR count). The van der Waals surface area contributed by atoms with Gasteiger partial charge in [0, 0.05) is 38.1 Å². The summed E-state index contributed by atoms with van der Waals surface area (Å²) in [6, 6.07) is 15.7. The Hall–Kier alpha value is -3.35. The lowest BCUT2D eigenvalue weighted by molar-refractivity contribution is 0.414. The molecule has 0 aliphatic rings. The fourth-order valence-electron chi connectivity index (χ4n) is 2.58. The Morgan fingerprint density at radius 3 is 2.63 bits per heavy atom. The Labute approximate surface area is 159 Å². The van der Waals surface area contributed by atoms with E-state index < -0.39 is 0 Å². The number of hydrogen-bond donors (Lipinski definition) is 2. The molecule has 3 aromatic rings. The van der Waals surface area contributed by atoms with Crippen LogP contribution in [0.4, 0.5) is 0 Å². The van der Waals surface area contributed by atoms with E-state index in [2.05, 4.69) is 25.7 Å². The third-order valence-corrected chi connectivity index (χ3v) is 4.04. The second-order valence-corrected chi connectivity index (χ2v) is 5.87. The maximum Gasteiger partial charge on any atom is 0.191 e. The molecule has 1 aromatic carbocycles. The maximum atomic E-state index is 5.18. The molecule has 2 heterocycles. The predicted molar refractivity (Wildman–Crippen MR) is 106 cm³/mol. The van der Waals surface area contributed by atoms with Gasteiger partial charge in [0.05, 0.1) is 25.0 Å². The van der Waals surface area contributed by atoms with Crippen LogP contribution in [0.1, 0.15) is 11.4 Å². The fraction of sp³-hybridized carbons (Fsp3) is 0.250. The zero-order chi connectivity index (χ0) is 18.9. The van der Waals surface area contributed by atoms with Crippen molar-refractivity contribution in [3.63, 3.8) is 0 Å². The minimum atomic E-state index is 0.590. The number of nitrogens with one attached hydrogen (secondary N) is 2. The van der Waals surface area contributed by atoms with Crippen molar-refractivity contribution < 1.29 is 4.74 Å². The van der Waals surface area contributed by atoms with E-state index in [9.17, 15) is 0 Å². The topological polar surface area (TPSA) is 76.4 Å². The van der Waals surface area contributed by atoms with E-state index in [0.29, 0.717) is 6.54 Å². The Morgan fingerprint density at radius 1 is 1.07 bits per heavy atom. The van der Waals surface area contributed by atoms with Gasteiger partial charge in [-0.3, -0.25) is 9.98 Å². The van der Waals surface area contributed by atoms with Crippen molar-refractivity contribution >= 4 is 5.96 Å². The number of ether oxygens (including phenoxy) is 1. The van der Waals surface area contributed by atoms with Crippen LogP contribution in [0.25, 0.3) is 5.69 Å². The summed E-state index contributed by atoms with van der Waals surface area (Å²) in [5.74, 6) is 1.57. The summed E-state index contributed by atoms with van der Waals surface area (Å²) in [7, 11) is 3.41. The van der Waals surface area contributed by atoms with Crippen LogP contribution >= 0.6 is 0 Å². The largest absolute Gasteiger partial charge is 0.497 e. The van der Waals surface area contributed by atoms with Crippen molar-refractivity contribution in [1.82, 2.24) is 25.4 Å². The van der Waals surface area contributed by atoms with Gasteiger partial charge in [0.1, 0.15) is 5.75 Å². The summed E-state index contributed by atoms with van der Waals surface area (Å²) in [6.07, 6.45) is 4.59. The molecule has 0 aliphatic heterocycles. The number of methoxy groups -OCH3 is 1. The molecule has 0 unspecified atom stereocenters. The molecule has 7 heteroatoms. The van der Waals surface area contributed by atoms with Crippen LogP contribution < -0.4 is 15.4 Å². The highest BCUT2D eigenvalue weighted by atomic mass is 16.5. The third kappa shape index (κ3) is 5.31. The molecule has 0 saturated carbocycles. The Balaban J connectivity index is 1.49. The fourth-order valence-corrected chi connectivity index (χ4v) is 2.58. The van der Waals surface area contributed by atoms with E-state index in [0.717, 1.165) is 41.7 Å². The lowest BCUT2D eigenvalue weighted by Gasteiger charge is -2.10. The maximum absolute atomic E-state index is 5.18. The second kappa shape index (κ2) is 9.38. The van der Waals surface area contributed by atoms with E-state index in [1.54, 1.807) is 14.2 Å². The molecule has 27 heavy (non-hydrogen) atoms. The molecule has 7 nitrogen and oxygen atoms in total. The highest BCUT2D eigenvalue weighted by molar-refractivity contribution is 5.79. The first-order chi connectivity index (χ1) is 13.3. The smallest absolute Gasteiger partial charge is 0.191 e. The van der Waals surface area contributed by atoms with E-state index in [4.69, 9.17) is 4.74 Å². The van der Waals surface area contributed by atoms with Crippen LogP contribution in [-0.2, 0) is 13.0 Å². The van der Waals surface area contributed by atoms with Crippen LogP contribution in [0.5, 0.6) is 5.75 Å². The first kappa shape index (κ1) is 18.4. The number of benzene rings is 1. The number of rotatable bonds is 7. The van der Waals surface area contributed by atoms with E-state index in [1.807, 2.05) is 65.6 Å². The molecule has 0 atom stereocenters. The minimum Gasteiger partial charge on any atom is -0.497 e. The SMILES string of the molecule is CN=C(NCCc1ccccn1)NCc1ccn(-c2ccc(OC)cc2)n1. The zero-order valence-corrected chi connectivity index (χ0v) is 15.6. The normalized spacial score (nSPS) is 11.3. The molecule has 0 saturated heterocycles. The van der Waals surface area contributed by atoms with Crippen LogP contribution in [-0.4, -0.2) is 41.4 Å². The van der Waals surface area contributed by atoms with E-state index in [-0.39, 0.29) is 0 Å². The lowest BCUT2D eigenvalue weighted by Crippen LogP contribution is -2.38. The number of nitrogens with zero attached hydrogens (tertiary/aromatic N) is 4. The molecule has 2 aromatic heterocycles. The third-order valence-electron chi connectivity index (χ3n) is 4.04. The summed E-state index contributed by atoms with van der Waals surface area (Å²) in [6.45, 7) is 1.35. The molecule has 0 radical (unpaired) electrons. The lowest BCUT2D eigenvalue weighted by atomic mass is 10.3. The zero-order valence-electron chi connectivity index (χ0n) is 15.6. The highest BCUT2D eigenvalue weighted by Gasteiger charge is 2.04. The molecular weight excluding hydrogens is 340 g/mol. The molecule has 0 bridgehead atoms. The summed E-state index contributed by atoms with van der Waals surface area (Å²) in [5, 5.41) is 11.2. The van der Waals surface area contributed by atoms with Gasteiger partial charge in [-0.15, -0.1) is 0 Å². The number of pyridine rings is 1. The summed E-state index contributed by atoms with van der Waals surface area (Å²) >= 11 is 0.